The van der Waals surface area contributed by atoms with E-state index in [2.05, 4.69) is 0 Å². The Bertz CT molecular complexity index is 829. The molecule has 1 aromatic carbocycles. The summed E-state index contributed by atoms with van der Waals surface area (Å²) in [7, 11) is -6.52. The van der Waals surface area contributed by atoms with Crippen LogP contribution in [0.4, 0.5) is 0 Å². The summed E-state index contributed by atoms with van der Waals surface area (Å²) in [6, 6.07) is 8.25. The molecule has 0 saturated carbocycles. The molecule has 1 amide bonds. The summed E-state index contributed by atoms with van der Waals surface area (Å²) in [5, 5.41) is 0. The molecule has 2 fully saturated rings. The van der Waals surface area contributed by atoms with Crippen LogP contribution in [-0.2, 0) is 24.7 Å². The van der Waals surface area contributed by atoms with Crippen LogP contribution in [0.2, 0.25) is 0 Å². The summed E-state index contributed by atoms with van der Waals surface area (Å²) in [6.45, 7) is 1.19. The minimum atomic E-state index is -3.53. The topological polar surface area (TPSA) is 91.8 Å². The molecule has 0 unspecified atom stereocenters. The van der Waals surface area contributed by atoms with Crippen molar-refractivity contribution in [3.63, 3.8) is 0 Å². The number of piperazine rings is 1. The molecule has 3 rings (SSSR count). The maximum Gasteiger partial charge on any atom is 0.243 e. The first-order valence-electron chi connectivity index (χ1n) is 8.31. The molecule has 138 valence electrons. The van der Waals surface area contributed by atoms with Gasteiger partial charge >= 0.3 is 0 Å². The summed E-state index contributed by atoms with van der Waals surface area (Å²) in [6.07, 6.45) is 0.765. The van der Waals surface area contributed by atoms with Crippen molar-refractivity contribution in [2.24, 2.45) is 5.92 Å². The highest BCUT2D eigenvalue weighted by molar-refractivity contribution is 7.91. The predicted molar refractivity (Wildman–Crippen MR) is 93.2 cm³/mol. The van der Waals surface area contributed by atoms with Gasteiger partial charge in [0.25, 0.3) is 0 Å². The fourth-order valence-electron chi connectivity index (χ4n) is 3.33. The average Bonchev–Trinajstić information content (AvgIpc) is 2.94. The second-order valence-electron chi connectivity index (χ2n) is 6.57. The number of carbonyl (C=O) groups excluding carboxylic acids is 1. The van der Waals surface area contributed by atoms with Crippen molar-refractivity contribution in [2.45, 2.75) is 17.7 Å². The number of sulfonamides is 1. The van der Waals surface area contributed by atoms with Crippen LogP contribution >= 0.6 is 0 Å². The van der Waals surface area contributed by atoms with Gasteiger partial charge in [-0.15, -0.1) is 0 Å². The number of hydrogen-bond donors (Lipinski definition) is 0. The predicted octanol–water partition coefficient (Wildman–Crippen LogP) is 0.344. The quantitative estimate of drug-likeness (QED) is 0.744. The van der Waals surface area contributed by atoms with Crippen LogP contribution in [0.25, 0.3) is 0 Å². The lowest BCUT2D eigenvalue weighted by atomic mass is 10.0. The van der Waals surface area contributed by atoms with Gasteiger partial charge in [-0.3, -0.25) is 4.79 Å². The Kier molecular flexibility index (Phi) is 5.17. The summed E-state index contributed by atoms with van der Waals surface area (Å²) in [5.74, 6) is 0.0530. The Hall–Kier alpha value is -1.45. The van der Waals surface area contributed by atoms with Crippen LogP contribution < -0.4 is 0 Å². The molecule has 0 radical (unpaired) electrons. The summed E-state index contributed by atoms with van der Waals surface area (Å²) in [4.78, 5) is 14.3. The summed E-state index contributed by atoms with van der Waals surface area (Å²) in [5.41, 5.74) is 0. The second kappa shape index (κ2) is 7.05. The lowest BCUT2D eigenvalue weighted by molar-refractivity contribution is -0.133. The minimum Gasteiger partial charge on any atom is -0.340 e. The van der Waals surface area contributed by atoms with Gasteiger partial charge in [-0.2, -0.15) is 4.31 Å². The van der Waals surface area contributed by atoms with E-state index in [1.807, 2.05) is 0 Å². The molecule has 2 saturated heterocycles. The molecule has 0 aromatic heterocycles. The van der Waals surface area contributed by atoms with Crippen LogP contribution in [0.3, 0.4) is 0 Å². The maximum atomic E-state index is 12.6. The fraction of sp³-hybridized carbons (Fsp3) is 0.562. The zero-order valence-corrected chi connectivity index (χ0v) is 15.5. The summed E-state index contributed by atoms with van der Waals surface area (Å²) < 4.78 is 49.5. The van der Waals surface area contributed by atoms with Gasteiger partial charge in [0.2, 0.25) is 15.9 Å². The number of nitrogens with zero attached hydrogens (tertiary/aromatic N) is 2. The highest BCUT2D eigenvalue weighted by Crippen LogP contribution is 2.23. The van der Waals surface area contributed by atoms with Crippen LogP contribution in [-0.4, -0.2) is 69.6 Å². The summed E-state index contributed by atoms with van der Waals surface area (Å²) >= 11 is 0. The van der Waals surface area contributed by atoms with Gasteiger partial charge in [0.15, 0.2) is 9.84 Å². The molecule has 0 spiro atoms. The molecule has 1 aromatic rings. The van der Waals surface area contributed by atoms with Crippen LogP contribution in [0.15, 0.2) is 35.2 Å². The average molecular weight is 386 g/mol. The van der Waals surface area contributed by atoms with Crippen molar-refractivity contribution in [2.75, 3.05) is 37.7 Å². The molecule has 2 aliphatic rings. The Morgan fingerprint density at radius 2 is 1.72 bits per heavy atom. The van der Waals surface area contributed by atoms with Crippen LogP contribution in [0, 0.1) is 5.92 Å². The standard InChI is InChI=1S/C16H22N2O5S2/c19-16(12-14-6-11-24(20,21)13-14)17-7-9-18(10-8-17)25(22,23)15-4-2-1-3-5-15/h1-5,14H,6-13H2/t14-/m1/s1. The first-order chi connectivity index (χ1) is 11.8. The van der Waals surface area contributed by atoms with Crippen molar-refractivity contribution < 1.29 is 21.6 Å². The number of amides is 1. The molecular formula is C16H22N2O5S2. The molecule has 0 aliphatic carbocycles. The van der Waals surface area contributed by atoms with E-state index in [-0.39, 0.29) is 47.7 Å². The van der Waals surface area contributed by atoms with Crippen LogP contribution in [0.5, 0.6) is 0 Å². The number of sulfone groups is 1. The minimum absolute atomic E-state index is 0.0844. The first-order valence-corrected chi connectivity index (χ1v) is 11.6. The van der Waals surface area contributed by atoms with Crippen molar-refractivity contribution in [3.8, 4) is 0 Å². The van der Waals surface area contributed by atoms with E-state index < -0.39 is 19.9 Å². The van der Waals surface area contributed by atoms with Crippen molar-refractivity contribution in [3.05, 3.63) is 30.3 Å². The SMILES string of the molecule is O=C(C[C@H]1CCS(=O)(=O)C1)N1CCN(S(=O)(=O)c2ccccc2)CC1. The van der Waals surface area contributed by atoms with Gasteiger partial charge in [-0.05, 0) is 24.5 Å². The van der Waals surface area contributed by atoms with Crippen molar-refractivity contribution in [1.29, 1.82) is 0 Å². The molecule has 1 atom stereocenters. The van der Waals surface area contributed by atoms with E-state index in [9.17, 15) is 21.6 Å². The third-order valence-corrected chi connectivity index (χ3v) is 8.51. The van der Waals surface area contributed by atoms with Crippen molar-refractivity contribution >= 4 is 25.8 Å². The molecular weight excluding hydrogens is 364 g/mol. The molecule has 2 aliphatic heterocycles. The Balaban J connectivity index is 1.56. The highest BCUT2D eigenvalue weighted by atomic mass is 32.2. The molecule has 9 heteroatoms. The van der Waals surface area contributed by atoms with E-state index in [0.29, 0.717) is 19.5 Å². The van der Waals surface area contributed by atoms with Gasteiger partial charge in [0, 0.05) is 32.6 Å². The second-order valence-corrected chi connectivity index (χ2v) is 10.7. The smallest absolute Gasteiger partial charge is 0.243 e. The number of rotatable bonds is 4. The van der Waals surface area contributed by atoms with Gasteiger partial charge in [-0.25, -0.2) is 16.8 Å². The van der Waals surface area contributed by atoms with Gasteiger partial charge < -0.3 is 4.90 Å². The zero-order valence-electron chi connectivity index (χ0n) is 13.9. The number of benzene rings is 1. The Morgan fingerprint density at radius 3 is 2.28 bits per heavy atom. The van der Waals surface area contributed by atoms with E-state index in [1.54, 1.807) is 35.2 Å². The largest absolute Gasteiger partial charge is 0.340 e. The van der Waals surface area contributed by atoms with Gasteiger partial charge in [0.1, 0.15) is 0 Å². The Labute approximate surface area is 148 Å². The lowest BCUT2D eigenvalue weighted by Gasteiger charge is -2.34. The monoisotopic (exact) mass is 386 g/mol. The van der Waals surface area contributed by atoms with Gasteiger partial charge in [-0.1, -0.05) is 18.2 Å². The van der Waals surface area contributed by atoms with E-state index >= 15 is 0 Å². The molecule has 0 N–H and O–H groups in total. The fourth-order valence-corrected chi connectivity index (χ4v) is 6.63. The van der Waals surface area contributed by atoms with Crippen molar-refractivity contribution in [1.82, 2.24) is 9.21 Å². The normalized spacial score (nSPS) is 24.3. The third-order valence-electron chi connectivity index (χ3n) is 4.76. The van der Waals surface area contributed by atoms with E-state index in [1.165, 1.54) is 4.31 Å². The maximum absolute atomic E-state index is 12.6. The third kappa shape index (κ3) is 4.21. The van der Waals surface area contributed by atoms with Gasteiger partial charge in [0.05, 0.1) is 16.4 Å². The molecule has 7 nitrogen and oxygen atoms in total. The van der Waals surface area contributed by atoms with E-state index in [0.717, 1.165) is 0 Å². The number of carbonyl (C=O) groups is 1. The highest BCUT2D eigenvalue weighted by Gasteiger charge is 2.33. The van der Waals surface area contributed by atoms with Crippen LogP contribution in [0.1, 0.15) is 12.8 Å². The Morgan fingerprint density at radius 1 is 1.08 bits per heavy atom. The lowest BCUT2D eigenvalue weighted by Crippen LogP contribution is -2.50. The van der Waals surface area contributed by atoms with E-state index in [4.69, 9.17) is 0 Å². The molecule has 25 heavy (non-hydrogen) atoms. The molecule has 0 bridgehead atoms. The zero-order chi connectivity index (χ0) is 18.1. The number of hydrogen-bond acceptors (Lipinski definition) is 5. The first kappa shape index (κ1) is 18.3. The molecule has 2 heterocycles.